The molecule has 0 bridgehead atoms. The smallest absolute Gasteiger partial charge is 0.324 e. The van der Waals surface area contributed by atoms with Gasteiger partial charge in [-0.25, -0.2) is 0 Å². The first-order valence-electron chi connectivity index (χ1n) is 9.27. The Bertz CT molecular complexity index is 703. The number of rotatable bonds is 3. The number of hydrogen-bond acceptors (Lipinski definition) is 4. The van der Waals surface area contributed by atoms with E-state index >= 15 is 0 Å². The molecule has 1 saturated heterocycles. The maximum Gasteiger partial charge on any atom is 0.324 e. The number of carbonyl (C=O) groups excluding carboxylic acids is 1. The molecule has 26 heavy (non-hydrogen) atoms. The van der Waals surface area contributed by atoms with Crippen molar-refractivity contribution in [1.82, 2.24) is 9.78 Å². The number of fused-ring (bicyclic) bond motifs is 1. The van der Waals surface area contributed by atoms with E-state index in [0.717, 1.165) is 16.5 Å². The highest BCUT2D eigenvalue weighted by Gasteiger charge is 2.29. The van der Waals surface area contributed by atoms with E-state index < -0.39 is 10.4 Å². The lowest BCUT2D eigenvalue weighted by molar-refractivity contribution is -0.154. The number of alkyl halides is 1. The zero-order valence-corrected chi connectivity index (χ0v) is 18.5. The van der Waals surface area contributed by atoms with Crippen LogP contribution in [0.5, 0.6) is 0 Å². The predicted molar refractivity (Wildman–Crippen MR) is 110 cm³/mol. The van der Waals surface area contributed by atoms with Crippen LogP contribution in [0.25, 0.3) is 10.9 Å². The highest BCUT2D eigenvalue weighted by Crippen LogP contribution is 2.34. The SMILES string of the molecule is CC.CC.CC(C)(C)OC(=O)C(Br)c1cccc2cnn(C3COC3)c12. The van der Waals surface area contributed by atoms with Gasteiger partial charge in [-0.2, -0.15) is 5.10 Å². The molecule has 0 saturated carbocycles. The Morgan fingerprint density at radius 3 is 2.38 bits per heavy atom. The van der Waals surface area contributed by atoms with Gasteiger partial charge in [-0.15, -0.1) is 0 Å². The lowest BCUT2D eigenvalue weighted by Gasteiger charge is -2.28. The van der Waals surface area contributed by atoms with E-state index in [1.54, 1.807) is 0 Å². The van der Waals surface area contributed by atoms with Crippen LogP contribution < -0.4 is 0 Å². The second-order valence-electron chi connectivity index (χ2n) is 6.46. The number of ether oxygens (including phenoxy) is 2. The molecule has 0 spiro atoms. The molecule has 1 aromatic carbocycles. The van der Waals surface area contributed by atoms with Crippen molar-refractivity contribution in [3.8, 4) is 0 Å². The molecule has 0 amide bonds. The molecular weight excluding hydrogens is 396 g/mol. The quantitative estimate of drug-likeness (QED) is 0.484. The van der Waals surface area contributed by atoms with E-state index in [1.165, 1.54) is 0 Å². The number of aromatic nitrogens is 2. The standard InChI is InChI=1S/C16H19BrN2O3.2C2H6/c1-16(2,3)22-15(20)13(17)12-6-4-5-10-7-18-19(14(10)12)11-8-21-9-11;2*1-2/h4-7,11,13H,8-9H2,1-3H3;2*1-2H3. The average Bonchev–Trinajstić information content (AvgIpc) is 2.99. The number of hydrogen-bond donors (Lipinski definition) is 0. The molecule has 6 heteroatoms. The fourth-order valence-corrected chi connectivity index (χ4v) is 2.92. The molecule has 2 aromatic rings. The third kappa shape index (κ3) is 5.30. The van der Waals surface area contributed by atoms with Gasteiger partial charge in [0, 0.05) is 10.9 Å². The van der Waals surface area contributed by atoms with Gasteiger partial charge in [0.1, 0.15) is 10.4 Å². The molecule has 1 aliphatic rings. The number of nitrogens with zero attached hydrogens (tertiary/aromatic N) is 2. The summed E-state index contributed by atoms with van der Waals surface area (Å²) in [7, 11) is 0. The van der Waals surface area contributed by atoms with Gasteiger partial charge in [0.15, 0.2) is 0 Å². The van der Waals surface area contributed by atoms with E-state index in [-0.39, 0.29) is 12.0 Å². The van der Waals surface area contributed by atoms with Crippen LogP contribution in [0.15, 0.2) is 24.4 Å². The molecule has 3 rings (SSSR count). The zero-order chi connectivity index (χ0) is 19.9. The van der Waals surface area contributed by atoms with Gasteiger partial charge in [-0.3, -0.25) is 9.48 Å². The monoisotopic (exact) mass is 426 g/mol. The van der Waals surface area contributed by atoms with Crippen molar-refractivity contribution in [1.29, 1.82) is 0 Å². The zero-order valence-electron chi connectivity index (χ0n) is 16.9. The molecule has 5 nitrogen and oxygen atoms in total. The molecule has 1 unspecified atom stereocenters. The van der Waals surface area contributed by atoms with E-state index in [9.17, 15) is 4.79 Å². The number of esters is 1. The summed E-state index contributed by atoms with van der Waals surface area (Å²) in [6.07, 6.45) is 1.83. The Kier molecular flexibility index (Phi) is 8.77. The Balaban J connectivity index is 0.000000791. The van der Waals surface area contributed by atoms with Crippen molar-refractivity contribution in [2.45, 2.75) is 64.9 Å². The molecule has 2 heterocycles. The summed E-state index contributed by atoms with van der Waals surface area (Å²) in [5.74, 6) is -0.294. The van der Waals surface area contributed by atoms with Crippen LogP contribution in [0, 0.1) is 0 Å². The van der Waals surface area contributed by atoms with Gasteiger partial charge in [0.05, 0.1) is 31.0 Å². The fraction of sp³-hybridized carbons (Fsp3) is 0.600. The van der Waals surface area contributed by atoms with Gasteiger partial charge < -0.3 is 9.47 Å². The number of benzene rings is 1. The van der Waals surface area contributed by atoms with Crippen molar-refractivity contribution in [2.75, 3.05) is 13.2 Å². The number of para-hydroxylation sites is 1. The molecule has 0 N–H and O–H groups in total. The van der Waals surface area contributed by atoms with Crippen molar-refractivity contribution in [3.05, 3.63) is 30.0 Å². The first-order chi connectivity index (χ1) is 12.4. The molecule has 146 valence electrons. The lowest BCUT2D eigenvalue weighted by atomic mass is 10.1. The first-order valence-corrected chi connectivity index (χ1v) is 10.2. The summed E-state index contributed by atoms with van der Waals surface area (Å²) in [4.78, 5) is 11.8. The van der Waals surface area contributed by atoms with Crippen molar-refractivity contribution < 1.29 is 14.3 Å². The Hall–Kier alpha value is -1.40. The maximum absolute atomic E-state index is 12.4. The van der Waals surface area contributed by atoms with Crippen LogP contribution >= 0.6 is 15.9 Å². The van der Waals surface area contributed by atoms with Crippen molar-refractivity contribution in [2.24, 2.45) is 0 Å². The van der Waals surface area contributed by atoms with Gasteiger partial charge in [0.2, 0.25) is 0 Å². The van der Waals surface area contributed by atoms with Crippen LogP contribution in [-0.4, -0.2) is 34.6 Å². The van der Waals surface area contributed by atoms with E-state index in [0.29, 0.717) is 13.2 Å². The molecule has 1 atom stereocenters. The average molecular weight is 427 g/mol. The minimum atomic E-state index is -0.521. The molecule has 0 radical (unpaired) electrons. The van der Waals surface area contributed by atoms with E-state index in [2.05, 4.69) is 21.0 Å². The maximum atomic E-state index is 12.4. The largest absolute Gasteiger partial charge is 0.459 e. The second-order valence-corrected chi connectivity index (χ2v) is 7.38. The van der Waals surface area contributed by atoms with Crippen LogP contribution in [0.4, 0.5) is 0 Å². The molecular formula is C20H31BrN2O3. The molecule has 1 aromatic heterocycles. The minimum Gasteiger partial charge on any atom is -0.459 e. The van der Waals surface area contributed by atoms with Crippen LogP contribution in [0.3, 0.4) is 0 Å². The highest BCUT2D eigenvalue weighted by atomic mass is 79.9. The highest BCUT2D eigenvalue weighted by molar-refractivity contribution is 9.09. The topological polar surface area (TPSA) is 53.3 Å². The minimum absolute atomic E-state index is 0.233. The Morgan fingerprint density at radius 1 is 1.27 bits per heavy atom. The van der Waals surface area contributed by atoms with E-state index in [1.807, 2.05) is 77.5 Å². The summed E-state index contributed by atoms with van der Waals surface area (Å²) in [6.45, 7) is 14.9. The van der Waals surface area contributed by atoms with Crippen molar-refractivity contribution in [3.63, 3.8) is 0 Å². The molecule has 1 aliphatic heterocycles. The van der Waals surface area contributed by atoms with Crippen LogP contribution in [-0.2, 0) is 14.3 Å². The lowest BCUT2D eigenvalue weighted by Crippen LogP contribution is -2.31. The van der Waals surface area contributed by atoms with Gasteiger partial charge in [-0.1, -0.05) is 61.8 Å². The van der Waals surface area contributed by atoms with Gasteiger partial charge >= 0.3 is 5.97 Å². The molecule has 1 fully saturated rings. The Labute approximate surface area is 165 Å². The summed E-state index contributed by atoms with van der Waals surface area (Å²) in [6, 6.07) is 6.09. The summed E-state index contributed by atoms with van der Waals surface area (Å²) in [5.41, 5.74) is 1.32. The third-order valence-corrected chi connectivity index (χ3v) is 4.37. The predicted octanol–water partition coefficient (Wildman–Crippen LogP) is 5.44. The second kappa shape index (κ2) is 10.1. The normalized spacial score (nSPS) is 15.1. The molecule has 0 aliphatic carbocycles. The van der Waals surface area contributed by atoms with Gasteiger partial charge in [0.25, 0.3) is 0 Å². The summed E-state index contributed by atoms with van der Waals surface area (Å²) in [5, 5.41) is 5.47. The van der Waals surface area contributed by atoms with Gasteiger partial charge in [-0.05, 0) is 20.8 Å². The number of carbonyl (C=O) groups is 1. The Morgan fingerprint density at radius 2 is 1.88 bits per heavy atom. The third-order valence-electron chi connectivity index (χ3n) is 3.50. The first kappa shape index (κ1) is 22.6. The number of halogens is 1. The van der Waals surface area contributed by atoms with E-state index in [4.69, 9.17) is 9.47 Å². The van der Waals surface area contributed by atoms with Crippen molar-refractivity contribution >= 4 is 32.8 Å². The summed E-state index contributed by atoms with van der Waals surface area (Å²) >= 11 is 3.49. The van der Waals surface area contributed by atoms with Crippen LogP contribution in [0.1, 0.15) is 64.9 Å². The van der Waals surface area contributed by atoms with Crippen LogP contribution in [0.2, 0.25) is 0 Å². The summed E-state index contributed by atoms with van der Waals surface area (Å²) < 4.78 is 12.7. The fourth-order valence-electron chi connectivity index (χ4n) is 2.46.